The molecule has 0 unspecified atom stereocenters. The maximum atomic E-state index is 12.2. The van der Waals surface area contributed by atoms with Gasteiger partial charge in [-0.1, -0.05) is 6.92 Å². The van der Waals surface area contributed by atoms with Gasteiger partial charge in [0.2, 0.25) is 10.0 Å². The first-order chi connectivity index (χ1) is 8.58. The lowest BCUT2D eigenvalue weighted by Crippen LogP contribution is -2.44. The number of H-pyrrole nitrogens is 2. The molecule has 0 amide bonds. The highest BCUT2D eigenvalue weighted by Crippen LogP contribution is 2.14. The summed E-state index contributed by atoms with van der Waals surface area (Å²) in [4.78, 5) is 25.8. The number of sulfonamides is 1. The van der Waals surface area contributed by atoms with Gasteiger partial charge in [-0.15, -0.1) is 0 Å². The summed E-state index contributed by atoms with van der Waals surface area (Å²) < 4.78 is 25.5. The fraction of sp³-hybridized carbons (Fsp3) is 0.600. The van der Waals surface area contributed by atoms with E-state index in [0.29, 0.717) is 0 Å². The molecular formula is C10H17N3O5S. The summed E-state index contributed by atoms with van der Waals surface area (Å²) in [5.41, 5.74) is -3.01. The minimum Gasteiger partial charge on any atom is -0.389 e. The van der Waals surface area contributed by atoms with E-state index in [4.69, 9.17) is 0 Å². The van der Waals surface area contributed by atoms with Crippen LogP contribution >= 0.6 is 0 Å². The molecule has 0 saturated heterocycles. The number of hydrogen-bond donors (Lipinski definition) is 3. The smallest absolute Gasteiger partial charge is 0.325 e. The van der Waals surface area contributed by atoms with Gasteiger partial charge in [0, 0.05) is 19.3 Å². The first-order valence-corrected chi connectivity index (χ1v) is 7.06. The second kappa shape index (κ2) is 5.27. The predicted octanol–water partition coefficient (Wildman–Crippen LogP) is -1.16. The Morgan fingerprint density at radius 1 is 1.37 bits per heavy atom. The first-order valence-electron chi connectivity index (χ1n) is 5.62. The van der Waals surface area contributed by atoms with Gasteiger partial charge in [-0.05, 0) is 13.8 Å². The van der Waals surface area contributed by atoms with Crippen LogP contribution < -0.4 is 11.2 Å². The van der Waals surface area contributed by atoms with E-state index >= 15 is 0 Å². The van der Waals surface area contributed by atoms with Crippen LogP contribution in [0.5, 0.6) is 0 Å². The van der Waals surface area contributed by atoms with Gasteiger partial charge in [-0.25, -0.2) is 13.2 Å². The lowest BCUT2D eigenvalue weighted by Gasteiger charge is -2.26. The van der Waals surface area contributed by atoms with Gasteiger partial charge in [0.25, 0.3) is 5.56 Å². The van der Waals surface area contributed by atoms with Crippen molar-refractivity contribution in [1.82, 2.24) is 14.3 Å². The highest BCUT2D eigenvalue weighted by atomic mass is 32.2. The van der Waals surface area contributed by atoms with Crippen molar-refractivity contribution in [1.29, 1.82) is 0 Å². The monoisotopic (exact) mass is 291 g/mol. The number of aromatic nitrogens is 2. The van der Waals surface area contributed by atoms with E-state index in [0.717, 1.165) is 10.5 Å². The van der Waals surface area contributed by atoms with Gasteiger partial charge in [0.1, 0.15) is 0 Å². The third-order valence-electron chi connectivity index (χ3n) is 2.32. The molecule has 1 aromatic heterocycles. The summed E-state index contributed by atoms with van der Waals surface area (Å²) >= 11 is 0. The van der Waals surface area contributed by atoms with Crippen molar-refractivity contribution in [3.8, 4) is 0 Å². The molecule has 0 atom stereocenters. The maximum absolute atomic E-state index is 12.2. The first kappa shape index (κ1) is 15.6. The molecule has 0 aliphatic rings. The highest BCUT2D eigenvalue weighted by molar-refractivity contribution is 7.89. The van der Waals surface area contributed by atoms with Crippen molar-refractivity contribution < 1.29 is 13.5 Å². The zero-order chi connectivity index (χ0) is 14.8. The predicted molar refractivity (Wildman–Crippen MR) is 68.4 cm³/mol. The van der Waals surface area contributed by atoms with E-state index in [1.54, 1.807) is 6.92 Å². The molecule has 1 aromatic rings. The summed E-state index contributed by atoms with van der Waals surface area (Å²) in [6.07, 6.45) is 0.851. The molecule has 8 nitrogen and oxygen atoms in total. The van der Waals surface area contributed by atoms with Crippen LogP contribution in [0.4, 0.5) is 0 Å². The standard InChI is InChI=1S/C10H17N3O5S/c1-4-13(6-10(2,3)16)19(17,18)7-5-11-9(15)12-8(7)14/h5,16H,4,6H2,1-3H3,(H2,11,12,14,15). The van der Waals surface area contributed by atoms with E-state index in [1.165, 1.54) is 13.8 Å². The van der Waals surface area contributed by atoms with Crippen molar-refractivity contribution in [3.63, 3.8) is 0 Å². The van der Waals surface area contributed by atoms with Crippen molar-refractivity contribution in [3.05, 3.63) is 27.0 Å². The molecule has 9 heteroatoms. The number of rotatable bonds is 5. The third kappa shape index (κ3) is 3.75. The van der Waals surface area contributed by atoms with Gasteiger partial charge in [0.15, 0.2) is 4.90 Å². The normalized spacial score (nSPS) is 12.9. The number of nitrogens with zero attached hydrogens (tertiary/aromatic N) is 1. The molecular weight excluding hydrogens is 274 g/mol. The Hall–Kier alpha value is -1.45. The average molecular weight is 291 g/mol. The zero-order valence-electron chi connectivity index (χ0n) is 10.9. The molecule has 0 aliphatic heterocycles. The molecule has 1 rings (SSSR count). The lowest BCUT2D eigenvalue weighted by atomic mass is 10.1. The molecule has 0 aromatic carbocycles. The van der Waals surface area contributed by atoms with Crippen molar-refractivity contribution in [2.45, 2.75) is 31.3 Å². The minimum absolute atomic E-state index is 0.0882. The van der Waals surface area contributed by atoms with Crippen molar-refractivity contribution in [2.24, 2.45) is 0 Å². The Labute approximate surface area is 110 Å². The molecule has 0 bridgehead atoms. The minimum atomic E-state index is -4.07. The van der Waals surface area contributed by atoms with Gasteiger partial charge >= 0.3 is 5.69 Å². The highest BCUT2D eigenvalue weighted by Gasteiger charge is 2.30. The molecule has 0 saturated carbocycles. The fourth-order valence-electron chi connectivity index (χ4n) is 1.53. The Kier molecular flexibility index (Phi) is 4.33. The van der Waals surface area contributed by atoms with Gasteiger partial charge in [-0.2, -0.15) is 4.31 Å². The Balaban J connectivity index is 3.29. The Morgan fingerprint density at radius 3 is 2.37 bits per heavy atom. The summed E-state index contributed by atoms with van der Waals surface area (Å²) in [6, 6.07) is 0. The largest absolute Gasteiger partial charge is 0.389 e. The lowest BCUT2D eigenvalue weighted by molar-refractivity contribution is 0.0601. The number of nitrogens with one attached hydrogen (secondary N) is 2. The van der Waals surface area contributed by atoms with Crippen LogP contribution in [0.15, 0.2) is 20.7 Å². The van der Waals surface area contributed by atoms with E-state index in [-0.39, 0.29) is 13.1 Å². The molecule has 108 valence electrons. The van der Waals surface area contributed by atoms with Gasteiger partial charge < -0.3 is 10.1 Å². The van der Waals surface area contributed by atoms with Crippen LogP contribution in [0, 0.1) is 0 Å². The van der Waals surface area contributed by atoms with E-state index in [9.17, 15) is 23.1 Å². The SMILES string of the molecule is CCN(CC(C)(C)O)S(=O)(=O)c1c[nH]c(=O)[nH]c1=O. The molecule has 3 N–H and O–H groups in total. The fourth-order valence-corrected chi connectivity index (χ4v) is 3.12. The van der Waals surface area contributed by atoms with Crippen LogP contribution in [-0.2, 0) is 10.0 Å². The number of hydrogen-bond acceptors (Lipinski definition) is 5. The summed E-state index contributed by atoms with van der Waals surface area (Å²) in [5.74, 6) is 0. The van der Waals surface area contributed by atoms with E-state index in [1.807, 2.05) is 4.98 Å². The van der Waals surface area contributed by atoms with Gasteiger partial charge in [-0.3, -0.25) is 9.78 Å². The zero-order valence-corrected chi connectivity index (χ0v) is 11.7. The summed E-state index contributed by atoms with van der Waals surface area (Å²) in [7, 11) is -4.07. The number of aromatic amines is 2. The Bertz CT molecular complexity index is 653. The van der Waals surface area contributed by atoms with Crippen LogP contribution in [0.1, 0.15) is 20.8 Å². The van der Waals surface area contributed by atoms with E-state index in [2.05, 4.69) is 4.98 Å². The van der Waals surface area contributed by atoms with Crippen LogP contribution in [0.2, 0.25) is 0 Å². The maximum Gasteiger partial charge on any atom is 0.325 e. The summed E-state index contributed by atoms with van der Waals surface area (Å²) in [5, 5.41) is 9.69. The molecule has 1 heterocycles. The quantitative estimate of drug-likeness (QED) is 0.631. The second-order valence-corrected chi connectivity index (χ2v) is 6.59. The topological polar surface area (TPSA) is 123 Å². The number of likely N-dealkylation sites (N-methyl/N-ethyl adjacent to an activating group) is 1. The third-order valence-corrected chi connectivity index (χ3v) is 4.25. The second-order valence-electron chi connectivity index (χ2n) is 4.68. The number of aliphatic hydroxyl groups is 1. The van der Waals surface area contributed by atoms with Crippen molar-refractivity contribution >= 4 is 10.0 Å². The molecule has 0 spiro atoms. The average Bonchev–Trinajstić information content (AvgIpc) is 2.23. The van der Waals surface area contributed by atoms with E-state index < -0.39 is 31.8 Å². The molecule has 19 heavy (non-hydrogen) atoms. The molecule has 0 radical (unpaired) electrons. The van der Waals surface area contributed by atoms with Gasteiger partial charge in [0.05, 0.1) is 5.60 Å². The summed E-state index contributed by atoms with van der Waals surface area (Å²) in [6.45, 7) is 4.43. The van der Waals surface area contributed by atoms with Crippen LogP contribution in [0.3, 0.4) is 0 Å². The Morgan fingerprint density at radius 2 is 1.95 bits per heavy atom. The van der Waals surface area contributed by atoms with Crippen LogP contribution in [0.25, 0.3) is 0 Å². The molecule has 0 aliphatic carbocycles. The molecule has 0 fully saturated rings. The van der Waals surface area contributed by atoms with Crippen LogP contribution in [-0.4, -0.2) is 46.5 Å². The van der Waals surface area contributed by atoms with Crippen molar-refractivity contribution in [2.75, 3.05) is 13.1 Å².